The van der Waals surface area contributed by atoms with Crippen molar-refractivity contribution in [2.45, 2.75) is 31.7 Å². The molecule has 0 saturated carbocycles. The predicted molar refractivity (Wildman–Crippen MR) is 120 cm³/mol. The number of aromatic nitrogens is 2. The van der Waals surface area contributed by atoms with E-state index in [1.807, 2.05) is 6.20 Å². The fourth-order valence-corrected chi connectivity index (χ4v) is 3.81. The number of rotatable bonds is 4. The van der Waals surface area contributed by atoms with Gasteiger partial charge in [0.15, 0.2) is 0 Å². The average Bonchev–Trinajstić information content (AvgIpc) is 3.36. The zero-order chi connectivity index (χ0) is 29.4. The molecule has 10 nitrogen and oxygen atoms in total. The molecule has 214 valence electrons. The van der Waals surface area contributed by atoms with Crippen LogP contribution in [-0.4, -0.2) is 86.8 Å². The van der Waals surface area contributed by atoms with Gasteiger partial charge in [0.25, 0.3) is 0 Å². The first-order valence-corrected chi connectivity index (χ1v) is 11.2. The molecule has 2 aliphatic heterocycles. The Morgan fingerprint density at radius 3 is 2.03 bits per heavy atom. The third kappa shape index (κ3) is 9.47. The Morgan fingerprint density at radius 1 is 1.00 bits per heavy atom. The van der Waals surface area contributed by atoms with Gasteiger partial charge in [-0.05, 0) is 42.0 Å². The van der Waals surface area contributed by atoms with Gasteiger partial charge in [0.1, 0.15) is 0 Å². The summed E-state index contributed by atoms with van der Waals surface area (Å²) in [6.45, 7) is 4.34. The van der Waals surface area contributed by atoms with E-state index in [-0.39, 0.29) is 0 Å². The first kappa shape index (κ1) is 31.4. The molecule has 1 saturated heterocycles. The maximum absolute atomic E-state index is 11.9. The van der Waals surface area contributed by atoms with E-state index < -0.39 is 30.3 Å². The Kier molecular flexibility index (Phi) is 10.7. The standard InChI is InChI=1S/C19H21N3O3.2C2HF3O2/c23-19(24)17-16-3-7-22(10-13-4-8-25-12-13)11-15(16)9-21-18(17)14-1-5-20-6-2-14;2*3-2(4,5)1(6)7/h1-2,5-6,9,13H,3-4,7-8,10-12H2,(H,23,24);2*(H,6,7). The molecule has 0 bridgehead atoms. The summed E-state index contributed by atoms with van der Waals surface area (Å²) in [5.41, 5.74) is 3.62. The van der Waals surface area contributed by atoms with E-state index in [1.165, 1.54) is 0 Å². The number of aliphatic carboxylic acids is 2. The minimum atomic E-state index is -5.08. The number of aromatic carboxylic acids is 1. The van der Waals surface area contributed by atoms with E-state index in [0.717, 1.165) is 62.4 Å². The number of hydrogen-bond acceptors (Lipinski definition) is 7. The van der Waals surface area contributed by atoms with Crippen LogP contribution in [0.3, 0.4) is 0 Å². The molecule has 4 heterocycles. The van der Waals surface area contributed by atoms with Gasteiger partial charge in [0, 0.05) is 50.4 Å². The molecule has 0 amide bonds. The van der Waals surface area contributed by atoms with Crippen LogP contribution in [0.15, 0.2) is 30.7 Å². The highest BCUT2D eigenvalue weighted by Crippen LogP contribution is 2.30. The van der Waals surface area contributed by atoms with Crippen LogP contribution < -0.4 is 0 Å². The Morgan fingerprint density at radius 2 is 1.56 bits per heavy atom. The Labute approximate surface area is 216 Å². The Hall–Kier alpha value is -3.79. The molecular weight excluding hydrogens is 544 g/mol. The van der Waals surface area contributed by atoms with Crippen LogP contribution in [0.5, 0.6) is 0 Å². The number of carboxylic acid groups (broad SMARTS) is 3. The second-order valence-corrected chi connectivity index (χ2v) is 8.35. The molecule has 2 aromatic heterocycles. The normalized spacial score (nSPS) is 17.1. The maximum atomic E-state index is 11.9. The Bertz CT molecular complexity index is 1130. The van der Waals surface area contributed by atoms with Crippen LogP contribution >= 0.6 is 0 Å². The van der Waals surface area contributed by atoms with Crippen molar-refractivity contribution >= 4 is 17.9 Å². The SMILES string of the molecule is O=C(O)C(F)(F)F.O=C(O)C(F)(F)F.O=C(O)c1c(-c2ccncc2)ncc2c1CCN(CC1CCOC1)C2. The number of pyridine rings is 2. The van der Waals surface area contributed by atoms with Crippen LogP contribution in [0.25, 0.3) is 11.3 Å². The van der Waals surface area contributed by atoms with Crippen LogP contribution in [-0.2, 0) is 27.3 Å². The van der Waals surface area contributed by atoms with Crippen LogP contribution in [0, 0.1) is 5.92 Å². The molecule has 0 aliphatic carbocycles. The van der Waals surface area contributed by atoms with Crippen molar-refractivity contribution in [2.75, 3.05) is 26.3 Å². The van der Waals surface area contributed by atoms with Gasteiger partial charge in [-0.25, -0.2) is 14.4 Å². The number of carboxylic acids is 3. The van der Waals surface area contributed by atoms with Gasteiger partial charge in [-0.3, -0.25) is 14.9 Å². The van der Waals surface area contributed by atoms with Gasteiger partial charge in [-0.2, -0.15) is 26.3 Å². The summed E-state index contributed by atoms with van der Waals surface area (Å²) < 4.78 is 68.9. The third-order valence-electron chi connectivity index (χ3n) is 5.54. The Balaban J connectivity index is 0.000000317. The topological polar surface area (TPSA) is 150 Å². The van der Waals surface area contributed by atoms with Crippen molar-refractivity contribution in [1.29, 1.82) is 0 Å². The van der Waals surface area contributed by atoms with E-state index in [0.29, 0.717) is 17.2 Å². The first-order valence-electron chi connectivity index (χ1n) is 11.2. The maximum Gasteiger partial charge on any atom is 0.490 e. The zero-order valence-corrected chi connectivity index (χ0v) is 20.0. The van der Waals surface area contributed by atoms with Gasteiger partial charge in [0.2, 0.25) is 0 Å². The molecule has 1 fully saturated rings. The summed E-state index contributed by atoms with van der Waals surface area (Å²) >= 11 is 0. The molecule has 2 aromatic rings. The molecule has 1 unspecified atom stereocenters. The third-order valence-corrected chi connectivity index (χ3v) is 5.54. The fourth-order valence-electron chi connectivity index (χ4n) is 3.81. The van der Waals surface area contributed by atoms with Crippen molar-refractivity contribution in [3.63, 3.8) is 0 Å². The predicted octanol–water partition coefficient (Wildman–Crippen LogP) is 3.50. The van der Waals surface area contributed by atoms with Crippen molar-refractivity contribution in [1.82, 2.24) is 14.9 Å². The van der Waals surface area contributed by atoms with Crippen LogP contribution in [0.4, 0.5) is 26.3 Å². The number of carbonyl (C=O) groups is 3. The number of halogens is 6. The molecule has 3 N–H and O–H groups in total. The molecule has 16 heteroatoms. The molecule has 0 aromatic carbocycles. The zero-order valence-electron chi connectivity index (χ0n) is 20.0. The molecule has 0 radical (unpaired) electrons. The second kappa shape index (κ2) is 13.3. The molecule has 39 heavy (non-hydrogen) atoms. The number of fused-ring (bicyclic) bond motifs is 1. The van der Waals surface area contributed by atoms with Crippen molar-refractivity contribution in [3.05, 3.63) is 47.4 Å². The number of ether oxygens (including phenoxy) is 1. The lowest BCUT2D eigenvalue weighted by Crippen LogP contribution is -2.35. The molecular formula is C23H23F6N3O7. The molecule has 4 rings (SSSR count). The monoisotopic (exact) mass is 567 g/mol. The van der Waals surface area contributed by atoms with E-state index >= 15 is 0 Å². The summed E-state index contributed by atoms with van der Waals surface area (Å²) in [7, 11) is 0. The quantitative estimate of drug-likeness (QED) is 0.469. The lowest BCUT2D eigenvalue weighted by molar-refractivity contribution is -0.193. The highest BCUT2D eigenvalue weighted by Gasteiger charge is 2.39. The van der Waals surface area contributed by atoms with Crippen molar-refractivity contribution < 1.29 is 60.8 Å². The summed E-state index contributed by atoms with van der Waals surface area (Å²) in [6.07, 6.45) is -3.15. The van der Waals surface area contributed by atoms with E-state index in [2.05, 4.69) is 14.9 Å². The minimum absolute atomic E-state index is 0.340. The lowest BCUT2D eigenvalue weighted by atomic mass is 9.92. The summed E-state index contributed by atoms with van der Waals surface area (Å²) in [5.74, 6) is -5.83. The second-order valence-electron chi connectivity index (χ2n) is 8.35. The average molecular weight is 567 g/mol. The summed E-state index contributed by atoms with van der Waals surface area (Å²) in [6, 6.07) is 3.60. The number of hydrogen-bond donors (Lipinski definition) is 3. The van der Waals surface area contributed by atoms with E-state index in [4.69, 9.17) is 24.5 Å². The van der Waals surface area contributed by atoms with Crippen LogP contribution in [0.2, 0.25) is 0 Å². The number of nitrogens with zero attached hydrogens (tertiary/aromatic N) is 3. The minimum Gasteiger partial charge on any atom is -0.478 e. The van der Waals surface area contributed by atoms with Gasteiger partial charge in [0.05, 0.1) is 17.9 Å². The van der Waals surface area contributed by atoms with Gasteiger partial charge < -0.3 is 20.1 Å². The van der Waals surface area contributed by atoms with Crippen LogP contribution in [0.1, 0.15) is 27.9 Å². The highest BCUT2D eigenvalue weighted by atomic mass is 19.4. The molecule has 1 atom stereocenters. The van der Waals surface area contributed by atoms with Gasteiger partial charge in [-0.15, -0.1) is 0 Å². The highest BCUT2D eigenvalue weighted by molar-refractivity contribution is 5.96. The lowest BCUT2D eigenvalue weighted by Gasteiger charge is -2.31. The largest absolute Gasteiger partial charge is 0.490 e. The van der Waals surface area contributed by atoms with Gasteiger partial charge in [-0.1, -0.05) is 0 Å². The van der Waals surface area contributed by atoms with Gasteiger partial charge >= 0.3 is 30.3 Å². The first-order chi connectivity index (χ1) is 18.1. The molecule has 0 spiro atoms. The number of alkyl halides is 6. The fraction of sp³-hybridized carbons (Fsp3) is 0.435. The summed E-state index contributed by atoms with van der Waals surface area (Å²) in [4.78, 5) is 40.6. The molecule has 2 aliphatic rings. The smallest absolute Gasteiger partial charge is 0.478 e. The van der Waals surface area contributed by atoms with Crippen molar-refractivity contribution in [2.24, 2.45) is 5.92 Å². The summed E-state index contributed by atoms with van der Waals surface area (Å²) in [5, 5.41) is 24.0. The van der Waals surface area contributed by atoms with E-state index in [1.54, 1.807) is 24.5 Å². The van der Waals surface area contributed by atoms with Crippen molar-refractivity contribution in [3.8, 4) is 11.3 Å². The van der Waals surface area contributed by atoms with E-state index in [9.17, 15) is 36.2 Å².